The maximum absolute atomic E-state index is 4.46. The summed E-state index contributed by atoms with van der Waals surface area (Å²) in [7, 11) is 1.85. The number of nitrogens with zero attached hydrogens (tertiary/aromatic N) is 6. The Labute approximate surface area is 178 Å². The molecular weight excluding hydrogens is 453 g/mol. The number of aliphatic imine (C=N–C) groups is 1. The Balaban J connectivity index is 0.00000261. The predicted molar refractivity (Wildman–Crippen MR) is 121 cm³/mol. The van der Waals surface area contributed by atoms with E-state index in [4.69, 9.17) is 0 Å². The number of aryl methyl sites for hydroxylation is 2. The Hall–Kier alpha value is -1.84. The van der Waals surface area contributed by atoms with Crippen LogP contribution in [0.15, 0.2) is 35.6 Å². The van der Waals surface area contributed by atoms with Gasteiger partial charge in [-0.3, -0.25) is 4.99 Å². The summed E-state index contributed by atoms with van der Waals surface area (Å²) in [6.45, 7) is 9.87. The molecule has 148 valence electrons. The molecule has 7 nitrogen and oxygen atoms in total. The summed E-state index contributed by atoms with van der Waals surface area (Å²) < 4.78 is 2.09. The number of hydrogen-bond acceptors (Lipinski definition) is 4. The zero-order chi connectivity index (χ0) is 18.4. The first-order valence-electron chi connectivity index (χ1n) is 9.35. The Bertz CT molecular complexity index is 735. The lowest BCUT2D eigenvalue weighted by molar-refractivity contribution is 0.371. The average molecular weight is 483 g/mol. The van der Waals surface area contributed by atoms with E-state index in [-0.39, 0.29) is 24.0 Å². The quantitative estimate of drug-likeness (QED) is 0.402. The number of aromatic nitrogens is 3. The summed E-state index contributed by atoms with van der Waals surface area (Å²) in [6.07, 6.45) is 2.69. The molecule has 2 aromatic rings. The summed E-state index contributed by atoms with van der Waals surface area (Å²) in [5.41, 5.74) is 2.62. The third-order valence-electron chi connectivity index (χ3n) is 4.81. The van der Waals surface area contributed by atoms with Crippen LogP contribution in [0.3, 0.4) is 0 Å². The van der Waals surface area contributed by atoms with Crippen LogP contribution in [-0.2, 0) is 13.0 Å². The number of anilines is 1. The van der Waals surface area contributed by atoms with Crippen LogP contribution in [0.5, 0.6) is 0 Å². The molecule has 0 saturated carbocycles. The van der Waals surface area contributed by atoms with Crippen LogP contribution in [0.2, 0.25) is 0 Å². The molecule has 1 aliphatic rings. The third-order valence-corrected chi connectivity index (χ3v) is 4.81. The molecule has 27 heavy (non-hydrogen) atoms. The maximum Gasteiger partial charge on any atom is 0.193 e. The minimum Gasteiger partial charge on any atom is -0.368 e. The van der Waals surface area contributed by atoms with Gasteiger partial charge in [0.25, 0.3) is 0 Å². The van der Waals surface area contributed by atoms with Gasteiger partial charge in [0.05, 0.1) is 0 Å². The highest BCUT2D eigenvalue weighted by Crippen LogP contribution is 2.17. The van der Waals surface area contributed by atoms with Crippen molar-refractivity contribution in [2.24, 2.45) is 4.99 Å². The highest BCUT2D eigenvalue weighted by molar-refractivity contribution is 14.0. The molecule has 0 radical (unpaired) electrons. The van der Waals surface area contributed by atoms with Crippen LogP contribution in [0.1, 0.15) is 18.3 Å². The molecule has 1 N–H and O–H groups in total. The van der Waals surface area contributed by atoms with Crippen molar-refractivity contribution in [2.75, 3.05) is 44.7 Å². The van der Waals surface area contributed by atoms with E-state index in [9.17, 15) is 0 Å². The van der Waals surface area contributed by atoms with Crippen molar-refractivity contribution in [3.8, 4) is 0 Å². The summed E-state index contributed by atoms with van der Waals surface area (Å²) in [5, 5.41) is 11.6. The largest absolute Gasteiger partial charge is 0.368 e. The van der Waals surface area contributed by atoms with E-state index in [1.54, 1.807) is 6.33 Å². The number of rotatable bonds is 5. The van der Waals surface area contributed by atoms with Gasteiger partial charge in [-0.05, 0) is 24.6 Å². The molecule has 1 saturated heterocycles. The lowest BCUT2D eigenvalue weighted by Crippen LogP contribution is -2.53. The lowest BCUT2D eigenvalue weighted by Gasteiger charge is -2.37. The predicted octanol–water partition coefficient (Wildman–Crippen LogP) is 2.16. The first-order valence-corrected chi connectivity index (χ1v) is 9.35. The second-order valence-electron chi connectivity index (χ2n) is 6.58. The fraction of sp³-hybridized carbons (Fsp3) is 0.526. The topological polar surface area (TPSA) is 61.6 Å². The van der Waals surface area contributed by atoms with Gasteiger partial charge in [-0.1, -0.05) is 19.1 Å². The van der Waals surface area contributed by atoms with Gasteiger partial charge in [0, 0.05) is 58.4 Å². The number of halogens is 1. The van der Waals surface area contributed by atoms with Crippen molar-refractivity contribution in [1.82, 2.24) is 25.0 Å². The van der Waals surface area contributed by atoms with E-state index in [0.717, 1.165) is 57.5 Å². The fourth-order valence-corrected chi connectivity index (χ4v) is 3.36. The van der Waals surface area contributed by atoms with E-state index in [0.29, 0.717) is 0 Å². The van der Waals surface area contributed by atoms with Crippen LogP contribution in [-0.4, -0.2) is 65.4 Å². The van der Waals surface area contributed by atoms with Crippen molar-refractivity contribution in [2.45, 2.75) is 26.8 Å². The smallest absolute Gasteiger partial charge is 0.193 e. The molecule has 1 aromatic carbocycles. The summed E-state index contributed by atoms with van der Waals surface area (Å²) in [6, 6.07) is 8.73. The number of piperazine rings is 1. The Morgan fingerprint density at radius 2 is 2.00 bits per heavy atom. The first-order chi connectivity index (χ1) is 12.7. The lowest BCUT2D eigenvalue weighted by atomic mass is 10.2. The molecule has 0 bridgehead atoms. The van der Waals surface area contributed by atoms with Gasteiger partial charge in [0.2, 0.25) is 0 Å². The Kier molecular flexibility index (Phi) is 8.33. The maximum atomic E-state index is 4.46. The minimum atomic E-state index is 0. The van der Waals surface area contributed by atoms with Gasteiger partial charge in [0.1, 0.15) is 12.2 Å². The monoisotopic (exact) mass is 483 g/mol. The van der Waals surface area contributed by atoms with E-state index in [2.05, 4.69) is 73.0 Å². The summed E-state index contributed by atoms with van der Waals surface area (Å²) in [4.78, 5) is 9.24. The zero-order valence-electron chi connectivity index (χ0n) is 16.4. The van der Waals surface area contributed by atoms with Gasteiger partial charge in [-0.2, -0.15) is 0 Å². The van der Waals surface area contributed by atoms with Crippen molar-refractivity contribution >= 4 is 35.6 Å². The zero-order valence-corrected chi connectivity index (χ0v) is 18.8. The van der Waals surface area contributed by atoms with Crippen LogP contribution >= 0.6 is 24.0 Å². The van der Waals surface area contributed by atoms with Crippen molar-refractivity contribution in [1.29, 1.82) is 0 Å². The fourth-order valence-electron chi connectivity index (χ4n) is 3.36. The standard InChI is InChI=1S/C19H29N7.HI/c1-4-18-23-22-15-26(18)9-8-21-19(20-3)25-12-10-24(11-13-25)17-7-5-6-16(2)14-17;/h5-7,14-15H,4,8-13H2,1-3H3,(H,20,21);1H. The van der Waals surface area contributed by atoms with Crippen LogP contribution in [0, 0.1) is 6.92 Å². The number of guanidine groups is 1. The minimum absolute atomic E-state index is 0. The molecule has 0 amide bonds. The van der Waals surface area contributed by atoms with Gasteiger partial charge >= 0.3 is 0 Å². The molecule has 8 heteroatoms. The highest BCUT2D eigenvalue weighted by Gasteiger charge is 2.19. The normalized spacial score (nSPS) is 14.9. The van der Waals surface area contributed by atoms with Crippen molar-refractivity contribution < 1.29 is 0 Å². The number of benzene rings is 1. The summed E-state index contributed by atoms with van der Waals surface area (Å²) in [5.74, 6) is 1.99. The van der Waals surface area contributed by atoms with E-state index < -0.39 is 0 Å². The molecule has 1 aromatic heterocycles. The van der Waals surface area contributed by atoms with E-state index in [1.807, 2.05) is 7.05 Å². The molecule has 0 spiro atoms. The van der Waals surface area contributed by atoms with E-state index >= 15 is 0 Å². The van der Waals surface area contributed by atoms with Gasteiger partial charge in [-0.15, -0.1) is 34.2 Å². The van der Waals surface area contributed by atoms with Crippen molar-refractivity contribution in [3.05, 3.63) is 42.0 Å². The second kappa shape index (κ2) is 10.5. The molecule has 3 rings (SSSR count). The molecule has 1 aliphatic heterocycles. The molecular formula is C19H30IN7. The second-order valence-corrected chi connectivity index (χ2v) is 6.58. The van der Waals surface area contributed by atoms with Crippen molar-refractivity contribution in [3.63, 3.8) is 0 Å². The number of nitrogens with one attached hydrogen (secondary N) is 1. The Morgan fingerprint density at radius 1 is 1.22 bits per heavy atom. The first kappa shape index (κ1) is 21.5. The van der Waals surface area contributed by atoms with Crippen LogP contribution < -0.4 is 10.2 Å². The highest BCUT2D eigenvalue weighted by atomic mass is 127. The average Bonchev–Trinajstić information content (AvgIpc) is 3.13. The molecule has 1 fully saturated rings. The SMILES string of the molecule is CCc1nncn1CCNC(=NC)N1CCN(c2cccc(C)c2)CC1.I. The van der Waals surface area contributed by atoms with Crippen LogP contribution in [0.25, 0.3) is 0 Å². The molecule has 0 unspecified atom stereocenters. The summed E-state index contributed by atoms with van der Waals surface area (Å²) >= 11 is 0. The number of hydrogen-bond donors (Lipinski definition) is 1. The molecule has 0 aliphatic carbocycles. The third kappa shape index (κ3) is 5.57. The van der Waals surface area contributed by atoms with E-state index in [1.165, 1.54) is 11.3 Å². The van der Waals surface area contributed by atoms with Gasteiger partial charge in [0.15, 0.2) is 5.96 Å². The van der Waals surface area contributed by atoms with Gasteiger partial charge < -0.3 is 19.7 Å². The Morgan fingerprint density at radius 3 is 2.67 bits per heavy atom. The van der Waals surface area contributed by atoms with Crippen LogP contribution in [0.4, 0.5) is 5.69 Å². The molecule has 2 heterocycles. The van der Waals surface area contributed by atoms with Gasteiger partial charge in [-0.25, -0.2) is 0 Å². The molecule has 0 atom stereocenters.